The number of hydrogen-bond acceptors (Lipinski definition) is 5. The molecule has 0 fully saturated rings. The molecule has 3 aromatic rings. The highest BCUT2D eigenvalue weighted by Gasteiger charge is 2.30. The minimum Gasteiger partial charge on any atom is -0.373 e. The van der Waals surface area contributed by atoms with E-state index in [4.69, 9.17) is 0 Å². The number of nitrogens with one attached hydrogen (secondary N) is 1. The summed E-state index contributed by atoms with van der Waals surface area (Å²) in [5.41, 5.74) is 3.59. The maximum absolute atomic E-state index is 13.1. The number of rotatable bonds is 3. The molecule has 1 N–H and O–H groups in total. The number of fused-ring (bicyclic) bond motifs is 1. The molecular weight excluding hydrogens is 342 g/mol. The quantitative estimate of drug-likeness (QED) is 0.426. The molecule has 0 amide bonds. The Balaban J connectivity index is 1.82. The van der Waals surface area contributed by atoms with E-state index in [1.165, 1.54) is 12.1 Å². The van der Waals surface area contributed by atoms with Gasteiger partial charge in [0.2, 0.25) is 0 Å². The largest absolute Gasteiger partial charge is 0.373 e. The van der Waals surface area contributed by atoms with Gasteiger partial charge in [-0.25, -0.2) is 0 Å². The second-order valence-corrected chi connectivity index (χ2v) is 6.18. The van der Waals surface area contributed by atoms with E-state index < -0.39 is 11.0 Å². The lowest BCUT2D eigenvalue weighted by molar-refractivity contribution is -0.384. The minimum atomic E-state index is -0.438. The molecule has 1 atom stereocenters. The van der Waals surface area contributed by atoms with Crippen LogP contribution in [-0.4, -0.2) is 15.7 Å². The average Bonchev–Trinajstić information content (AvgIpc) is 2.71. The smallest absolute Gasteiger partial charge is 0.269 e. The first kappa shape index (κ1) is 16.7. The average molecular weight is 357 g/mol. The van der Waals surface area contributed by atoms with Crippen LogP contribution in [-0.2, 0) is 0 Å². The molecule has 1 unspecified atom stereocenters. The number of nitrogens with zero attached hydrogens (tertiary/aromatic N) is 2. The number of anilines is 1. The predicted octanol–water partition coefficient (Wildman–Crippen LogP) is 4.42. The summed E-state index contributed by atoms with van der Waals surface area (Å²) in [7, 11) is 0. The van der Waals surface area contributed by atoms with Gasteiger partial charge >= 0.3 is 0 Å². The van der Waals surface area contributed by atoms with Crippen molar-refractivity contribution in [2.24, 2.45) is 0 Å². The Hall–Kier alpha value is -3.80. The lowest BCUT2D eigenvalue weighted by Gasteiger charge is -2.29. The number of pyridine rings is 1. The molecule has 1 aromatic heterocycles. The third-order valence-corrected chi connectivity index (χ3v) is 4.51. The maximum Gasteiger partial charge on any atom is 0.269 e. The highest BCUT2D eigenvalue weighted by molar-refractivity contribution is 6.17. The van der Waals surface area contributed by atoms with Gasteiger partial charge < -0.3 is 5.32 Å². The van der Waals surface area contributed by atoms with E-state index in [9.17, 15) is 14.9 Å². The first-order valence-electron chi connectivity index (χ1n) is 8.40. The van der Waals surface area contributed by atoms with Crippen LogP contribution in [0.3, 0.4) is 0 Å². The molecular formula is C21H15N3O3. The molecule has 0 radical (unpaired) electrons. The van der Waals surface area contributed by atoms with E-state index in [2.05, 4.69) is 10.3 Å². The van der Waals surface area contributed by atoms with Crippen molar-refractivity contribution >= 4 is 23.2 Å². The van der Waals surface area contributed by atoms with Gasteiger partial charge in [-0.1, -0.05) is 12.1 Å². The summed E-state index contributed by atoms with van der Waals surface area (Å²) in [4.78, 5) is 27.6. The Labute approximate surface area is 155 Å². The van der Waals surface area contributed by atoms with E-state index in [1.54, 1.807) is 30.6 Å². The van der Waals surface area contributed by atoms with E-state index in [0.717, 1.165) is 16.8 Å². The molecule has 27 heavy (non-hydrogen) atoms. The van der Waals surface area contributed by atoms with E-state index in [0.29, 0.717) is 11.1 Å². The normalized spacial score (nSPS) is 17.3. The second-order valence-electron chi connectivity index (χ2n) is 6.18. The molecule has 132 valence electrons. The monoisotopic (exact) mass is 357 g/mol. The number of nitro benzene ring substituents is 1. The number of non-ortho nitro benzene ring substituents is 1. The Morgan fingerprint density at radius 2 is 1.70 bits per heavy atom. The number of carbonyl (C=O) groups is 1. The van der Waals surface area contributed by atoms with Crippen LogP contribution in [0.5, 0.6) is 0 Å². The standard InChI is InChI=1S/C21H15N3O3/c25-21-17-3-1-2-4-19(17)23-20(15-5-7-16(8-6-15)24(26)27)18(21)13-14-9-11-22-12-10-14/h1-13,20,23H/b18-13+. The molecule has 0 spiro atoms. The zero-order valence-corrected chi connectivity index (χ0v) is 14.2. The number of Topliss-reactive ketones (excluding diaryl/α,β-unsaturated/α-hetero) is 1. The first-order chi connectivity index (χ1) is 13.1. The zero-order valence-electron chi connectivity index (χ0n) is 14.2. The van der Waals surface area contributed by atoms with Crippen molar-refractivity contribution in [3.8, 4) is 0 Å². The fourth-order valence-corrected chi connectivity index (χ4v) is 3.17. The van der Waals surface area contributed by atoms with Crippen LogP contribution in [0.1, 0.15) is 27.5 Å². The van der Waals surface area contributed by atoms with Gasteiger partial charge in [-0.3, -0.25) is 19.9 Å². The summed E-state index contributed by atoms with van der Waals surface area (Å²) in [6.45, 7) is 0. The summed E-state index contributed by atoms with van der Waals surface area (Å²) >= 11 is 0. The van der Waals surface area contributed by atoms with Gasteiger partial charge in [0.05, 0.1) is 11.0 Å². The van der Waals surface area contributed by atoms with Gasteiger partial charge in [-0.05, 0) is 53.6 Å². The summed E-state index contributed by atoms with van der Waals surface area (Å²) in [5.74, 6) is -0.0653. The van der Waals surface area contributed by atoms with E-state index >= 15 is 0 Å². The molecule has 6 nitrogen and oxygen atoms in total. The Morgan fingerprint density at radius 3 is 2.41 bits per heavy atom. The molecule has 1 aliphatic rings. The van der Waals surface area contributed by atoms with Crippen molar-refractivity contribution in [1.29, 1.82) is 0 Å². The van der Waals surface area contributed by atoms with Crippen molar-refractivity contribution in [3.63, 3.8) is 0 Å². The fraction of sp³-hybridized carbons (Fsp3) is 0.0476. The third kappa shape index (κ3) is 3.20. The molecule has 0 saturated carbocycles. The van der Waals surface area contributed by atoms with Crippen molar-refractivity contribution in [1.82, 2.24) is 4.98 Å². The van der Waals surface area contributed by atoms with Gasteiger partial charge in [0.15, 0.2) is 5.78 Å². The highest BCUT2D eigenvalue weighted by atomic mass is 16.6. The SMILES string of the molecule is O=C1/C(=C/c2ccncc2)C(c2ccc([N+](=O)[O-])cc2)Nc2ccccc21. The van der Waals surface area contributed by atoms with Crippen molar-refractivity contribution in [3.05, 3.63) is 105 Å². The van der Waals surface area contributed by atoms with Gasteiger partial charge in [0, 0.05) is 41.4 Å². The number of nitro groups is 1. The third-order valence-electron chi connectivity index (χ3n) is 4.51. The predicted molar refractivity (Wildman–Crippen MR) is 102 cm³/mol. The van der Waals surface area contributed by atoms with Gasteiger partial charge in [-0.15, -0.1) is 0 Å². The molecule has 0 saturated heterocycles. The van der Waals surface area contributed by atoms with E-state index in [-0.39, 0.29) is 11.5 Å². The molecule has 1 aliphatic heterocycles. The highest BCUT2D eigenvalue weighted by Crippen LogP contribution is 2.37. The number of aromatic nitrogens is 1. The van der Waals surface area contributed by atoms with Gasteiger partial charge in [0.1, 0.15) is 0 Å². The van der Waals surface area contributed by atoms with Crippen LogP contribution < -0.4 is 5.32 Å². The van der Waals surface area contributed by atoms with Crippen molar-refractivity contribution in [2.45, 2.75) is 6.04 Å². The molecule has 0 bridgehead atoms. The van der Waals surface area contributed by atoms with Crippen molar-refractivity contribution in [2.75, 3.05) is 5.32 Å². The Bertz CT molecular complexity index is 1040. The summed E-state index contributed by atoms with van der Waals surface area (Å²) < 4.78 is 0. The second kappa shape index (κ2) is 6.84. The summed E-state index contributed by atoms with van der Waals surface area (Å²) in [5, 5.41) is 14.3. The number of hydrogen-bond donors (Lipinski definition) is 1. The number of benzene rings is 2. The van der Waals surface area contributed by atoms with Crippen LogP contribution >= 0.6 is 0 Å². The summed E-state index contributed by atoms with van der Waals surface area (Å²) in [6, 6.07) is 16.8. The fourth-order valence-electron chi connectivity index (χ4n) is 3.17. The van der Waals surface area contributed by atoms with Gasteiger partial charge in [-0.2, -0.15) is 0 Å². The molecule has 2 heterocycles. The van der Waals surface area contributed by atoms with Crippen molar-refractivity contribution < 1.29 is 9.72 Å². The number of ketones is 1. The number of carbonyl (C=O) groups excluding carboxylic acids is 1. The van der Waals surface area contributed by atoms with Crippen LogP contribution in [0.15, 0.2) is 78.6 Å². The van der Waals surface area contributed by atoms with Crippen LogP contribution in [0.4, 0.5) is 11.4 Å². The molecule has 2 aromatic carbocycles. The summed E-state index contributed by atoms with van der Waals surface area (Å²) in [6.07, 6.45) is 5.17. The van der Waals surface area contributed by atoms with Crippen LogP contribution in [0.2, 0.25) is 0 Å². The molecule has 4 rings (SSSR count). The zero-order chi connectivity index (χ0) is 18.8. The minimum absolute atomic E-state index is 0.0148. The first-order valence-corrected chi connectivity index (χ1v) is 8.40. The Kier molecular flexibility index (Phi) is 4.22. The van der Waals surface area contributed by atoms with Gasteiger partial charge in [0.25, 0.3) is 5.69 Å². The molecule has 6 heteroatoms. The van der Waals surface area contributed by atoms with Crippen LogP contribution in [0, 0.1) is 10.1 Å². The molecule has 0 aliphatic carbocycles. The van der Waals surface area contributed by atoms with E-state index in [1.807, 2.05) is 36.4 Å². The number of para-hydroxylation sites is 1. The lowest BCUT2D eigenvalue weighted by Crippen LogP contribution is -2.26. The van der Waals surface area contributed by atoms with Crippen LogP contribution in [0.25, 0.3) is 6.08 Å². The lowest BCUT2D eigenvalue weighted by atomic mass is 9.86. The maximum atomic E-state index is 13.1. The topological polar surface area (TPSA) is 85.1 Å². The Morgan fingerprint density at radius 1 is 1.00 bits per heavy atom.